The minimum Gasteiger partial charge on any atom is -0.375 e. The Morgan fingerprint density at radius 2 is 2.12 bits per heavy atom. The molecule has 0 aliphatic carbocycles. The Labute approximate surface area is 95.7 Å². The summed E-state index contributed by atoms with van der Waals surface area (Å²) in [5.41, 5.74) is 5.97. The third-order valence-electron chi connectivity index (χ3n) is 2.30. The van der Waals surface area contributed by atoms with Gasteiger partial charge in [-0.05, 0) is 18.6 Å². The predicted molar refractivity (Wildman–Crippen MR) is 60.4 cm³/mol. The van der Waals surface area contributed by atoms with Gasteiger partial charge in [0.1, 0.15) is 11.6 Å². The van der Waals surface area contributed by atoms with Gasteiger partial charge in [0.25, 0.3) is 0 Å². The van der Waals surface area contributed by atoms with Gasteiger partial charge in [0, 0.05) is 23.1 Å². The van der Waals surface area contributed by atoms with Gasteiger partial charge in [0.2, 0.25) is 0 Å². The molecule has 0 bridgehead atoms. The topological polar surface area (TPSA) is 38.9 Å². The van der Waals surface area contributed by atoms with E-state index in [1.165, 1.54) is 23.5 Å². The summed E-state index contributed by atoms with van der Waals surface area (Å²) in [5, 5.41) is 0.406. The molecule has 0 saturated carbocycles. The number of thiazole rings is 1. The van der Waals surface area contributed by atoms with E-state index >= 15 is 0 Å². The van der Waals surface area contributed by atoms with E-state index < -0.39 is 11.6 Å². The van der Waals surface area contributed by atoms with Gasteiger partial charge in [0.05, 0.1) is 0 Å². The van der Waals surface area contributed by atoms with E-state index in [2.05, 4.69) is 4.98 Å². The van der Waals surface area contributed by atoms with Crippen molar-refractivity contribution in [2.75, 3.05) is 5.73 Å². The summed E-state index contributed by atoms with van der Waals surface area (Å²) in [7, 11) is 0. The Morgan fingerprint density at radius 3 is 2.75 bits per heavy atom. The van der Waals surface area contributed by atoms with Crippen LogP contribution < -0.4 is 5.73 Å². The van der Waals surface area contributed by atoms with Gasteiger partial charge in [-0.2, -0.15) is 0 Å². The molecule has 0 atom stereocenters. The second kappa shape index (κ2) is 4.17. The molecule has 2 N–H and O–H groups in total. The maximum atomic E-state index is 13.7. The van der Waals surface area contributed by atoms with Crippen LogP contribution in [0, 0.1) is 18.6 Å². The number of anilines is 1. The monoisotopic (exact) mass is 240 g/mol. The molecule has 0 aliphatic heterocycles. The minimum absolute atomic E-state index is 0.0728. The van der Waals surface area contributed by atoms with Crippen LogP contribution >= 0.6 is 11.3 Å². The lowest BCUT2D eigenvalue weighted by Gasteiger charge is -2.05. The number of nitrogen functional groups attached to an aromatic ring is 1. The molecule has 84 valence electrons. The highest BCUT2D eigenvalue weighted by molar-refractivity contribution is 7.15. The van der Waals surface area contributed by atoms with Gasteiger partial charge < -0.3 is 5.73 Å². The standard InChI is InChI=1S/C11H10F2N2S/c1-6-2-3-9(12)8(10(6)13)4-7-5-15-11(14)16-7/h2-3,5H,4H2,1H3,(H2,14,15). The summed E-state index contributed by atoms with van der Waals surface area (Å²) >= 11 is 1.24. The first kappa shape index (κ1) is 11.0. The Kier molecular flexibility index (Phi) is 2.87. The Balaban J connectivity index is 2.37. The molecule has 0 fully saturated rings. The van der Waals surface area contributed by atoms with Crippen LogP contribution in [0.1, 0.15) is 16.0 Å². The summed E-state index contributed by atoms with van der Waals surface area (Å²) < 4.78 is 27.1. The number of rotatable bonds is 2. The van der Waals surface area contributed by atoms with E-state index in [1.807, 2.05) is 0 Å². The van der Waals surface area contributed by atoms with Crippen molar-refractivity contribution in [2.24, 2.45) is 0 Å². The number of aryl methyl sites for hydroxylation is 1. The molecule has 2 aromatic rings. The van der Waals surface area contributed by atoms with Crippen molar-refractivity contribution in [3.63, 3.8) is 0 Å². The smallest absolute Gasteiger partial charge is 0.180 e. The van der Waals surface area contributed by atoms with Crippen molar-refractivity contribution in [3.05, 3.63) is 46.0 Å². The summed E-state index contributed by atoms with van der Waals surface area (Å²) in [6.07, 6.45) is 1.73. The fourth-order valence-corrected chi connectivity index (χ4v) is 2.15. The molecule has 2 nitrogen and oxygen atoms in total. The largest absolute Gasteiger partial charge is 0.375 e. The van der Waals surface area contributed by atoms with Crippen molar-refractivity contribution in [2.45, 2.75) is 13.3 Å². The molecule has 0 saturated heterocycles. The molecule has 0 unspecified atom stereocenters. The van der Waals surface area contributed by atoms with E-state index in [0.29, 0.717) is 10.7 Å². The molecule has 0 amide bonds. The highest BCUT2D eigenvalue weighted by atomic mass is 32.1. The molecule has 0 radical (unpaired) electrons. The second-order valence-electron chi connectivity index (χ2n) is 3.50. The van der Waals surface area contributed by atoms with Crippen LogP contribution in [0.15, 0.2) is 18.3 Å². The zero-order valence-electron chi connectivity index (χ0n) is 8.63. The van der Waals surface area contributed by atoms with Crippen LogP contribution in [0.2, 0.25) is 0 Å². The van der Waals surface area contributed by atoms with Gasteiger partial charge in [-0.25, -0.2) is 13.8 Å². The molecule has 1 aromatic carbocycles. The minimum atomic E-state index is -0.532. The summed E-state index contributed by atoms with van der Waals surface area (Å²) in [6.45, 7) is 1.61. The summed E-state index contributed by atoms with van der Waals surface area (Å²) in [5.74, 6) is -1.03. The van der Waals surface area contributed by atoms with Gasteiger partial charge >= 0.3 is 0 Å². The normalized spacial score (nSPS) is 10.7. The highest BCUT2D eigenvalue weighted by Crippen LogP contribution is 2.23. The van der Waals surface area contributed by atoms with Crippen molar-refractivity contribution in [1.29, 1.82) is 0 Å². The van der Waals surface area contributed by atoms with Gasteiger partial charge in [-0.3, -0.25) is 0 Å². The van der Waals surface area contributed by atoms with Gasteiger partial charge in [-0.1, -0.05) is 6.07 Å². The third kappa shape index (κ3) is 2.04. The second-order valence-corrected chi connectivity index (χ2v) is 4.65. The lowest BCUT2D eigenvalue weighted by molar-refractivity contribution is 0.556. The maximum Gasteiger partial charge on any atom is 0.180 e. The Hall–Kier alpha value is -1.49. The number of aromatic nitrogens is 1. The molecule has 0 spiro atoms. The number of nitrogens with zero attached hydrogens (tertiary/aromatic N) is 1. The number of halogens is 2. The van der Waals surface area contributed by atoms with E-state index in [0.717, 1.165) is 4.88 Å². The number of nitrogens with two attached hydrogens (primary N) is 1. The van der Waals surface area contributed by atoms with E-state index in [4.69, 9.17) is 5.73 Å². The molecular formula is C11H10F2N2S. The van der Waals surface area contributed by atoms with Gasteiger partial charge in [-0.15, -0.1) is 11.3 Å². The van der Waals surface area contributed by atoms with Crippen LogP contribution in [0.5, 0.6) is 0 Å². The lowest BCUT2D eigenvalue weighted by atomic mass is 10.1. The van der Waals surface area contributed by atoms with E-state index in [1.54, 1.807) is 13.1 Å². The van der Waals surface area contributed by atoms with Crippen molar-refractivity contribution in [1.82, 2.24) is 4.98 Å². The molecule has 5 heteroatoms. The zero-order chi connectivity index (χ0) is 11.7. The van der Waals surface area contributed by atoms with E-state index in [9.17, 15) is 8.78 Å². The van der Waals surface area contributed by atoms with Crippen molar-refractivity contribution in [3.8, 4) is 0 Å². The fraction of sp³-hybridized carbons (Fsp3) is 0.182. The van der Waals surface area contributed by atoms with Crippen molar-refractivity contribution < 1.29 is 8.78 Å². The average molecular weight is 240 g/mol. The predicted octanol–water partition coefficient (Wildman–Crippen LogP) is 2.90. The lowest BCUT2D eigenvalue weighted by Crippen LogP contribution is -1.98. The SMILES string of the molecule is Cc1ccc(F)c(Cc2cnc(N)s2)c1F. The first-order chi connectivity index (χ1) is 7.58. The Morgan fingerprint density at radius 1 is 1.38 bits per heavy atom. The number of benzene rings is 1. The quantitative estimate of drug-likeness (QED) is 0.876. The first-order valence-electron chi connectivity index (χ1n) is 4.71. The third-order valence-corrected chi connectivity index (χ3v) is 3.13. The number of hydrogen-bond acceptors (Lipinski definition) is 3. The van der Waals surface area contributed by atoms with Crippen LogP contribution in [-0.4, -0.2) is 4.98 Å². The molecule has 16 heavy (non-hydrogen) atoms. The zero-order valence-corrected chi connectivity index (χ0v) is 9.44. The first-order valence-corrected chi connectivity index (χ1v) is 5.53. The fourth-order valence-electron chi connectivity index (χ4n) is 1.46. The van der Waals surface area contributed by atoms with Crippen molar-refractivity contribution >= 4 is 16.5 Å². The molecular weight excluding hydrogens is 230 g/mol. The molecule has 1 heterocycles. The maximum absolute atomic E-state index is 13.7. The molecule has 1 aromatic heterocycles. The van der Waals surface area contributed by atoms with E-state index in [-0.39, 0.29) is 12.0 Å². The highest BCUT2D eigenvalue weighted by Gasteiger charge is 2.13. The summed E-state index contributed by atoms with van der Waals surface area (Å²) in [4.78, 5) is 4.60. The Bertz CT molecular complexity index is 523. The number of hydrogen-bond donors (Lipinski definition) is 1. The summed E-state index contributed by atoms with van der Waals surface area (Å²) in [6, 6.07) is 2.70. The molecule has 2 rings (SSSR count). The van der Waals surface area contributed by atoms with Crippen LogP contribution in [0.25, 0.3) is 0 Å². The van der Waals surface area contributed by atoms with Crippen LogP contribution in [0.3, 0.4) is 0 Å². The van der Waals surface area contributed by atoms with Crippen LogP contribution in [0.4, 0.5) is 13.9 Å². The van der Waals surface area contributed by atoms with Gasteiger partial charge in [0.15, 0.2) is 5.13 Å². The average Bonchev–Trinajstić information content (AvgIpc) is 2.65. The molecule has 0 aliphatic rings. The van der Waals surface area contributed by atoms with Crippen LogP contribution in [-0.2, 0) is 6.42 Å².